The summed E-state index contributed by atoms with van der Waals surface area (Å²) in [6.45, 7) is 7.62. The van der Waals surface area contributed by atoms with Crippen molar-refractivity contribution in [3.05, 3.63) is 115 Å². The Labute approximate surface area is 246 Å². The third-order valence-electron chi connectivity index (χ3n) is 8.46. The molecule has 198 valence electrons. The molecule has 38 heavy (non-hydrogen) atoms. The van der Waals surface area contributed by atoms with Gasteiger partial charge in [-0.1, -0.05) is 111 Å². The summed E-state index contributed by atoms with van der Waals surface area (Å²) in [4.78, 5) is 0. The van der Waals surface area contributed by atoms with E-state index in [4.69, 9.17) is 23.9 Å². The van der Waals surface area contributed by atoms with Crippen molar-refractivity contribution in [2.24, 2.45) is 17.8 Å². The number of nitrogens with zero attached hydrogens (tertiary/aromatic N) is 2. The molecule has 0 radical (unpaired) electrons. The molecule has 3 aliphatic rings. The molecule has 1 heterocycles. The van der Waals surface area contributed by atoms with Crippen LogP contribution >= 0.6 is 18.6 Å². The van der Waals surface area contributed by atoms with Crippen molar-refractivity contribution in [1.29, 1.82) is 0 Å². The summed E-state index contributed by atoms with van der Waals surface area (Å²) < 4.78 is 2.74. The molecular formula is C32H36Cl2N2SiTi-2. The predicted octanol–water partition coefficient (Wildman–Crippen LogP) is 11.2. The van der Waals surface area contributed by atoms with Crippen LogP contribution in [-0.2, 0) is 17.0 Å². The van der Waals surface area contributed by atoms with Gasteiger partial charge in [0.1, 0.15) is 0 Å². The molecule has 1 saturated carbocycles. The molecular weight excluding hydrogens is 559 g/mol. The zero-order chi connectivity index (χ0) is 26.0. The van der Waals surface area contributed by atoms with Crippen LogP contribution in [-0.4, -0.2) is 8.24 Å². The Bertz CT molecular complexity index is 1250. The van der Waals surface area contributed by atoms with Gasteiger partial charge in [0.05, 0.1) is 0 Å². The number of hydrogen-bond donors (Lipinski definition) is 0. The molecule has 3 aromatic rings. The molecule has 1 unspecified atom stereocenters. The van der Waals surface area contributed by atoms with Crippen LogP contribution < -0.4 is 4.57 Å². The summed E-state index contributed by atoms with van der Waals surface area (Å²) in [6.07, 6.45) is 9.79. The fourth-order valence-corrected chi connectivity index (χ4v) is 11.9. The van der Waals surface area contributed by atoms with Gasteiger partial charge >= 0.3 is 35.6 Å². The van der Waals surface area contributed by atoms with E-state index in [1.165, 1.54) is 35.4 Å². The molecule has 6 heteroatoms. The van der Waals surface area contributed by atoms with E-state index < -0.39 is 25.3 Å². The summed E-state index contributed by atoms with van der Waals surface area (Å²) >= 11 is -0.556. The molecule has 2 nitrogen and oxygen atoms in total. The van der Waals surface area contributed by atoms with Crippen molar-refractivity contribution < 1.29 is 17.0 Å². The molecule has 0 aromatic heterocycles. The maximum absolute atomic E-state index is 5.03. The third-order valence-corrected chi connectivity index (χ3v) is 12.6. The van der Waals surface area contributed by atoms with Gasteiger partial charge in [-0.3, -0.25) is 0 Å². The van der Waals surface area contributed by atoms with E-state index in [1.807, 2.05) is 0 Å². The first kappa shape index (κ1) is 29.2. The van der Waals surface area contributed by atoms with Gasteiger partial charge in [0.15, 0.2) is 8.24 Å². The van der Waals surface area contributed by atoms with E-state index in [0.717, 1.165) is 17.3 Å². The molecule has 3 aromatic carbocycles. The summed E-state index contributed by atoms with van der Waals surface area (Å²) in [7, 11) is 7.78. The third kappa shape index (κ3) is 5.34. The van der Waals surface area contributed by atoms with Crippen LogP contribution in [0, 0.1) is 25.2 Å². The van der Waals surface area contributed by atoms with Crippen LogP contribution in [0.5, 0.6) is 0 Å². The molecule has 2 aliphatic carbocycles. The van der Waals surface area contributed by atoms with Gasteiger partial charge in [0.25, 0.3) is 0 Å². The van der Waals surface area contributed by atoms with Crippen molar-refractivity contribution >= 4 is 55.2 Å². The number of anilines is 2. The van der Waals surface area contributed by atoms with Crippen LogP contribution in [0.15, 0.2) is 97.1 Å². The SMILES string of the molecule is CC[C@@H]1C[C@@H]2C(c3ccccc3)=CC=C[C@@H]2C1[Si](C)(C)N1c2ccccc2[N-]c2ccccc21.[CH3-].[Cl][Ti][Cl]. The molecule has 0 amide bonds. The van der Waals surface area contributed by atoms with E-state index in [9.17, 15) is 0 Å². The van der Waals surface area contributed by atoms with Crippen molar-refractivity contribution in [2.45, 2.75) is 38.4 Å². The molecule has 1 aliphatic heterocycles. The predicted molar refractivity (Wildman–Crippen MR) is 166 cm³/mol. The van der Waals surface area contributed by atoms with Gasteiger partial charge in [-0.2, -0.15) is 0 Å². The Balaban J connectivity index is 0.000000804. The Morgan fingerprint density at radius 1 is 0.895 bits per heavy atom. The quantitative estimate of drug-likeness (QED) is 0.217. The van der Waals surface area contributed by atoms with Crippen molar-refractivity contribution in [2.75, 3.05) is 4.57 Å². The number of allylic oxidation sites excluding steroid dienone is 4. The molecule has 4 atom stereocenters. The Morgan fingerprint density at radius 2 is 1.45 bits per heavy atom. The number of hydrogen-bond acceptors (Lipinski definition) is 1. The first-order chi connectivity index (χ1) is 18.0. The van der Waals surface area contributed by atoms with Gasteiger partial charge in [-0.05, 0) is 53.0 Å². The summed E-state index contributed by atoms with van der Waals surface area (Å²) in [5.74, 6) is 1.92. The van der Waals surface area contributed by atoms with Crippen LogP contribution in [0.25, 0.3) is 10.9 Å². The number of para-hydroxylation sites is 4. The molecule has 0 N–H and O–H groups in total. The first-order valence-corrected chi connectivity index (χ1v) is 20.4. The zero-order valence-electron chi connectivity index (χ0n) is 22.6. The van der Waals surface area contributed by atoms with E-state index in [1.54, 1.807) is 0 Å². The Kier molecular flexibility index (Phi) is 9.71. The second kappa shape index (κ2) is 12.6. The standard InChI is InChI=1S/C31H33N2Si.CH3.2ClH.Ti/c1-4-22-21-26-24(23-13-6-5-7-14-23)15-12-16-25(26)31(22)34(2,3)33-29-19-10-8-17-27(29)32-28-18-9-11-20-30(28)33;;;;/h5-20,22,25-26,31H,4,21H2,1-3H3;1H3;2*1H;/q2*-1;;;+2/p-2/t22-,25+,26-,31?;;;;/m1..../s1. The van der Waals surface area contributed by atoms with Gasteiger partial charge in [0.2, 0.25) is 0 Å². The van der Waals surface area contributed by atoms with Crippen molar-refractivity contribution in [3.63, 3.8) is 0 Å². The van der Waals surface area contributed by atoms with E-state index >= 15 is 0 Å². The zero-order valence-corrected chi connectivity index (χ0v) is 26.7. The average Bonchev–Trinajstić information content (AvgIpc) is 3.32. The van der Waals surface area contributed by atoms with Gasteiger partial charge < -0.3 is 17.3 Å². The molecule has 1 fully saturated rings. The van der Waals surface area contributed by atoms with Crippen molar-refractivity contribution in [3.8, 4) is 0 Å². The monoisotopic (exact) mass is 594 g/mol. The first-order valence-electron chi connectivity index (χ1n) is 13.1. The maximum atomic E-state index is 5.03. The van der Waals surface area contributed by atoms with Crippen LogP contribution in [0.1, 0.15) is 25.3 Å². The molecule has 0 saturated heterocycles. The van der Waals surface area contributed by atoms with E-state index in [-0.39, 0.29) is 7.43 Å². The minimum atomic E-state index is -2.00. The number of fused-ring (bicyclic) bond motifs is 3. The van der Waals surface area contributed by atoms with Gasteiger partial charge in [-0.25, -0.2) is 0 Å². The minimum absolute atomic E-state index is 0. The fourth-order valence-electron chi connectivity index (χ4n) is 7.13. The topological polar surface area (TPSA) is 17.3 Å². The van der Waals surface area contributed by atoms with E-state index in [2.05, 4.69) is 122 Å². The number of halogens is 2. The number of rotatable bonds is 4. The van der Waals surface area contributed by atoms with Crippen molar-refractivity contribution in [1.82, 2.24) is 0 Å². The second-order valence-corrected chi connectivity index (χ2v) is 17.6. The molecule has 6 rings (SSSR count). The van der Waals surface area contributed by atoms with Crippen LogP contribution in [0.4, 0.5) is 22.7 Å². The van der Waals surface area contributed by atoms with E-state index in [0.29, 0.717) is 17.4 Å². The fraction of sp³-hybridized carbons (Fsp3) is 0.281. The Morgan fingerprint density at radius 3 is 2.03 bits per heavy atom. The van der Waals surface area contributed by atoms with Gasteiger partial charge in [0, 0.05) is 11.4 Å². The normalized spacial score (nSPS) is 22.9. The number of benzene rings is 3. The Hall–Kier alpha value is -1.75. The average molecular weight is 596 g/mol. The summed E-state index contributed by atoms with van der Waals surface area (Å²) in [5, 5.41) is 5.03. The van der Waals surface area contributed by atoms with Crippen LogP contribution in [0.3, 0.4) is 0 Å². The molecule has 0 spiro atoms. The van der Waals surface area contributed by atoms with Gasteiger partial charge in [-0.15, -0.1) is 11.4 Å². The summed E-state index contributed by atoms with van der Waals surface area (Å²) in [5.41, 5.74) is 8.38. The molecule has 0 bridgehead atoms. The summed E-state index contributed by atoms with van der Waals surface area (Å²) in [6, 6.07) is 28.5. The van der Waals surface area contributed by atoms with Crippen LogP contribution in [0.2, 0.25) is 18.6 Å². The second-order valence-electron chi connectivity index (χ2n) is 10.6.